The normalized spacial score (nSPS) is 15.5. The van der Waals surface area contributed by atoms with Crippen molar-refractivity contribution < 1.29 is 9.53 Å². The Balaban J connectivity index is 1.40. The fraction of sp³-hybridized carbons (Fsp3) is 0.250. The number of carbonyl (C=O) groups excluding carboxylic acids is 1. The maximum Gasteiger partial charge on any atom is 0.250 e. The van der Waals surface area contributed by atoms with Gasteiger partial charge in [0.25, 0.3) is 0 Å². The molecule has 5 heteroatoms. The van der Waals surface area contributed by atoms with E-state index in [0.717, 1.165) is 38.0 Å². The predicted molar refractivity (Wildman–Crippen MR) is 113 cm³/mol. The molecule has 5 nitrogen and oxygen atoms in total. The average Bonchev–Trinajstić information content (AvgIpc) is 2.75. The van der Waals surface area contributed by atoms with E-state index < -0.39 is 5.91 Å². The zero-order chi connectivity index (χ0) is 20.1. The third-order valence-corrected chi connectivity index (χ3v) is 5.32. The largest absolute Gasteiger partial charge is 0.439 e. The predicted octanol–water partition coefficient (Wildman–Crippen LogP) is 4.18. The van der Waals surface area contributed by atoms with Crippen LogP contribution in [-0.4, -0.2) is 17.4 Å². The van der Waals surface area contributed by atoms with Crippen LogP contribution in [0.5, 0.6) is 11.6 Å². The number of fused-ring (bicyclic) bond motifs is 1. The second-order valence-corrected chi connectivity index (χ2v) is 7.35. The van der Waals surface area contributed by atoms with E-state index in [1.165, 1.54) is 22.9 Å². The fourth-order valence-electron chi connectivity index (χ4n) is 3.81. The Morgan fingerprint density at radius 3 is 2.76 bits per heavy atom. The molecule has 1 aliphatic rings. The minimum Gasteiger partial charge on any atom is -0.439 e. The SMILES string of the molecule is NC(=O)c1ccc(Oc2ccc3c(c2)CCCC3NCCc2ccccc2)nc1. The summed E-state index contributed by atoms with van der Waals surface area (Å²) in [7, 11) is 0. The lowest BCUT2D eigenvalue weighted by atomic mass is 9.87. The van der Waals surface area contributed by atoms with Crippen molar-refractivity contribution in [2.45, 2.75) is 31.7 Å². The van der Waals surface area contributed by atoms with Gasteiger partial charge in [-0.15, -0.1) is 0 Å². The zero-order valence-corrected chi connectivity index (χ0v) is 16.3. The molecule has 0 saturated heterocycles. The molecule has 148 valence electrons. The van der Waals surface area contributed by atoms with Gasteiger partial charge >= 0.3 is 0 Å². The third-order valence-electron chi connectivity index (χ3n) is 5.32. The first-order chi connectivity index (χ1) is 14.2. The Kier molecular flexibility index (Phi) is 5.86. The van der Waals surface area contributed by atoms with Gasteiger partial charge in [0.1, 0.15) is 5.75 Å². The topological polar surface area (TPSA) is 77.2 Å². The Labute approximate surface area is 170 Å². The van der Waals surface area contributed by atoms with Gasteiger partial charge < -0.3 is 15.8 Å². The minimum atomic E-state index is -0.497. The number of aromatic nitrogens is 1. The molecule has 0 saturated carbocycles. The second kappa shape index (κ2) is 8.88. The summed E-state index contributed by atoms with van der Waals surface area (Å²) in [4.78, 5) is 15.3. The number of pyridine rings is 1. The number of carbonyl (C=O) groups is 1. The van der Waals surface area contributed by atoms with E-state index in [2.05, 4.69) is 52.8 Å². The van der Waals surface area contributed by atoms with Crippen LogP contribution < -0.4 is 15.8 Å². The number of hydrogen-bond acceptors (Lipinski definition) is 4. The van der Waals surface area contributed by atoms with Crippen LogP contribution in [0.2, 0.25) is 0 Å². The Bertz CT molecular complexity index is 971. The number of ether oxygens (including phenoxy) is 1. The number of nitrogens with one attached hydrogen (secondary N) is 1. The van der Waals surface area contributed by atoms with Gasteiger partial charge in [-0.05, 0) is 67.1 Å². The van der Waals surface area contributed by atoms with Crippen LogP contribution in [0.4, 0.5) is 0 Å². The van der Waals surface area contributed by atoms with Crippen LogP contribution in [0.3, 0.4) is 0 Å². The van der Waals surface area contributed by atoms with Gasteiger partial charge in [-0.1, -0.05) is 36.4 Å². The number of benzene rings is 2. The van der Waals surface area contributed by atoms with Crippen LogP contribution in [0.15, 0.2) is 66.9 Å². The first-order valence-corrected chi connectivity index (χ1v) is 10.0. The van der Waals surface area contributed by atoms with Crippen molar-refractivity contribution in [3.05, 3.63) is 89.1 Å². The number of amides is 1. The molecule has 1 aromatic heterocycles. The van der Waals surface area contributed by atoms with Gasteiger partial charge in [0.05, 0.1) is 5.56 Å². The Hall–Kier alpha value is -3.18. The molecule has 1 aliphatic carbocycles. The van der Waals surface area contributed by atoms with Gasteiger partial charge in [0.15, 0.2) is 0 Å². The zero-order valence-electron chi connectivity index (χ0n) is 16.3. The van der Waals surface area contributed by atoms with E-state index in [1.807, 2.05) is 6.07 Å². The highest BCUT2D eigenvalue weighted by Crippen LogP contribution is 2.33. The monoisotopic (exact) mass is 387 g/mol. The summed E-state index contributed by atoms with van der Waals surface area (Å²) in [5, 5.41) is 3.72. The molecule has 3 N–H and O–H groups in total. The van der Waals surface area contributed by atoms with E-state index >= 15 is 0 Å². The summed E-state index contributed by atoms with van der Waals surface area (Å²) in [5.74, 6) is 0.708. The van der Waals surface area contributed by atoms with Crippen LogP contribution in [0.25, 0.3) is 0 Å². The van der Waals surface area contributed by atoms with Crippen molar-refractivity contribution in [1.82, 2.24) is 10.3 Å². The van der Waals surface area contributed by atoms with Crippen LogP contribution >= 0.6 is 0 Å². The van der Waals surface area contributed by atoms with Crippen molar-refractivity contribution in [2.24, 2.45) is 5.73 Å². The number of primary amides is 1. The third kappa shape index (κ3) is 4.81. The maximum absolute atomic E-state index is 11.2. The molecule has 0 spiro atoms. The van der Waals surface area contributed by atoms with Crippen molar-refractivity contribution in [3.63, 3.8) is 0 Å². The first-order valence-electron chi connectivity index (χ1n) is 10.0. The minimum absolute atomic E-state index is 0.368. The number of rotatable bonds is 7. The van der Waals surface area contributed by atoms with Gasteiger partial charge in [0.2, 0.25) is 11.8 Å². The summed E-state index contributed by atoms with van der Waals surface area (Å²) in [6.45, 7) is 0.961. The van der Waals surface area contributed by atoms with Crippen molar-refractivity contribution >= 4 is 5.91 Å². The molecule has 1 atom stereocenters. The smallest absolute Gasteiger partial charge is 0.250 e. The van der Waals surface area contributed by atoms with Gasteiger partial charge in [-0.3, -0.25) is 4.79 Å². The Morgan fingerprint density at radius 1 is 1.14 bits per heavy atom. The highest BCUT2D eigenvalue weighted by atomic mass is 16.5. The molecular formula is C24H25N3O2. The maximum atomic E-state index is 11.2. The lowest BCUT2D eigenvalue weighted by Gasteiger charge is -2.27. The number of hydrogen-bond donors (Lipinski definition) is 2. The molecule has 0 fully saturated rings. The van der Waals surface area contributed by atoms with Crippen LogP contribution in [-0.2, 0) is 12.8 Å². The average molecular weight is 387 g/mol. The molecule has 0 aliphatic heterocycles. The highest BCUT2D eigenvalue weighted by Gasteiger charge is 2.20. The summed E-state index contributed by atoms with van der Waals surface area (Å²) in [5.41, 5.74) is 9.65. The summed E-state index contributed by atoms with van der Waals surface area (Å²) < 4.78 is 5.87. The Morgan fingerprint density at radius 2 is 2.00 bits per heavy atom. The molecule has 1 amide bonds. The fourth-order valence-corrected chi connectivity index (χ4v) is 3.81. The lowest BCUT2D eigenvalue weighted by Crippen LogP contribution is -2.27. The number of aryl methyl sites for hydroxylation is 1. The lowest BCUT2D eigenvalue weighted by molar-refractivity contribution is 0.1000. The molecule has 1 unspecified atom stereocenters. The summed E-state index contributed by atoms with van der Waals surface area (Å²) in [6.07, 6.45) is 5.82. The van der Waals surface area contributed by atoms with E-state index in [0.29, 0.717) is 17.5 Å². The van der Waals surface area contributed by atoms with E-state index in [-0.39, 0.29) is 0 Å². The van der Waals surface area contributed by atoms with E-state index in [1.54, 1.807) is 12.1 Å². The molecule has 2 aromatic carbocycles. The molecule has 3 aromatic rings. The molecule has 0 bridgehead atoms. The molecular weight excluding hydrogens is 362 g/mol. The van der Waals surface area contributed by atoms with Crippen molar-refractivity contribution in [1.29, 1.82) is 0 Å². The van der Waals surface area contributed by atoms with Gasteiger partial charge in [-0.25, -0.2) is 4.98 Å². The first kappa shape index (κ1) is 19.2. The summed E-state index contributed by atoms with van der Waals surface area (Å²) in [6, 6.07) is 20.5. The van der Waals surface area contributed by atoms with Crippen molar-refractivity contribution in [2.75, 3.05) is 6.54 Å². The van der Waals surface area contributed by atoms with Gasteiger partial charge in [0, 0.05) is 18.3 Å². The summed E-state index contributed by atoms with van der Waals surface area (Å²) >= 11 is 0. The van der Waals surface area contributed by atoms with Crippen molar-refractivity contribution in [3.8, 4) is 11.6 Å². The van der Waals surface area contributed by atoms with Crippen LogP contribution in [0, 0.1) is 0 Å². The van der Waals surface area contributed by atoms with E-state index in [4.69, 9.17) is 10.5 Å². The molecule has 29 heavy (non-hydrogen) atoms. The molecule has 1 heterocycles. The molecule has 4 rings (SSSR count). The number of nitrogens with zero attached hydrogens (tertiary/aromatic N) is 1. The second-order valence-electron chi connectivity index (χ2n) is 7.35. The van der Waals surface area contributed by atoms with E-state index in [9.17, 15) is 4.79 Å². The number of nitrogens with two attached hydrogens (primary N) is 1. The standard InChI is InChI=1S/C24H25N3O2/c25-24(28)19-9-12-23(27-16-19)29-20-10-11-21-18(15-20)7-4-8-22(21)26-14-13-17-5-2-1-3-6-17/h1-3,5-6,9-12,15-16,22,26H,4,7-8,13-14H2,(H2,25,28). The quantitative estimate of drug-likeness (QED) is 0.637. The highest BCUT2D eigenvalue weighted by molar-refractivity contribution is 5.92. The van der Waals surface area contributed by atoms with Crippen LogP contribution in [0.1, 0.15) is 45.9 Å². The molecule has 0 radical (unpaired) electrons. The van der Waals surface area contributed by atoms with Gasteiger partial charge in [-0.2, -0.15) is 0 Å².